The maximum Gasteiger partial charge on any atom is 0.306 e. The number of thiophene rings is 1. The molecule has 5 nitrogen and oxygen atoms in total. The predicted octanol–water partition coefficient (Wildman–Crippen LogP) is 4.95. The van der Waals surface area contributed by atoms with Crippen LogP contribution in [0.4, 0.5) is 0 Å². The highest BCUT2D eigenvalue weighted by Gasteiger charge is 2.10. The summed E-state index contributed by atoms with van der Waals surface area (Å²) in [6.45, 7) is 0.140. The number of nitrogens with zero attached hydrogens (tertiary/aromatic N) is 1. The summed E-state index contributed by atoms with van der Waals surface area (Å²) in [4.78, 5) is 16.2. The number of H-pyrrole nitrogens is 1. The van der Waals surface area contributed by atoms with E-state index < -0.39 is 0 Å². The van der Waals surface area contributed by atoms with Crippen LogP contribution in [0.15, 0.2) is 58.6 Å². The Balaban J connectivity index is 1.24. The number of ether oxygens (including phenoxy) is 1. The molecular weight excluding hydrogens is 348 g/mol. The zero-order valence-electron chi connectivity index (χ0n) is 14.1. The van der Waals surface area contributed by atoms with Crippen molar-refractivity contribution in [2.24, 2.45) is 0 Å². The Morgan fingerprint density at radius 1 is 1.23 bits per heavy atom. The van der Waals surface area contributed by atoms with Crippen molar-refractivity contribution in [3.63, 3.8) is 0 Å². The van der Waals surface area contributed by atoms with Crippen molar-refractivity contribution in [2.75, 3.05) is 0 Å². The van der Waals surface area contributed by atoms with Gasteiger partial charge in [-0.05, 0) is 35.9 Å². The molecule has 0 aliphatic carbocycles. The molecule has 0 saturated heterocycles. The first-order valence-electron chi connectivity index (χ1n) is 8.50. The van der Waals surface area contributed by atoms with Crippen molar-refractivity contribution in [1.29, 1.82) is 0 Å². The number of rotatable bonds is 7. The summed E-state index contributed by atoms with van der Waals surface area (Å²) < 4.78 is 10.6. The van der Waals surface area contributed by atoms with Crippen molar-refractivity contribution in [3.8, 4) is 10.6 Å². The molecule has 1 N–H and O–H groups in total. The van der Waals surface area contributed by atoms with Gasteiger partial charge in [0.25, 0.3) is 0 Å². The molecule has 3 aromatic heterocycles. The normalized spacial score (nSPS) is 11.1. The highest BCUT2D eigenvalue weighted by molar-refractivity contribution is 7.13. The molecule has 132 valence electrons. The van der Waals surface area contributed by atoms with Gasteiger partial charge in [-0.15, -0.1) is 11.3 Å². The maximum absolute atomic E-state index is 12.0. The average molecular weight is 366 g/mol. The van der Waals surface area contributed by atoms with Crippen LogP contribution in [0, 0.1) is 0 Å². The number of benzene rings is 1. The first-order chi connectivity index (χ1) is 12.8. The Morgan fingerprint density at radius 2 is 2.15 bits per heavy atom. The van der Waals surface area contributed by atoms with Crippen LogP contribution in [-0.4, -0.2) is 16.1 Å². The Kier molecular flexibility index (Phi) is 4.84. The topological polar surface area (TPSA) is 68.1 Å². The van der Waals surface area contributed by atoms with Crippen LogP contribution in [0.25, 0.3) is 21.5 Å². The van der Waals surface area contributed by atoms with Crippen LogP contribution in [-0.2, 0) is 22.6 Å². The fraction of sp³-hybridized carbons (Fsp3) is 0.200. The second-order valence-electron chi connectivity index (χ2n) is 6.03. The van der Waals surface area contributed by atoms with Gasteiger partial charge in [-0.25, -0.2) is 0 Å². The van der Waals surface area contributed by atoms with Crippen LogP contribution in [0.3, 0.4) is 0 Å². The number of fused-ring (bicyclic) bond motifs is 1. The molecule has 4 aromatic rings. The lowest BCUT2D eigenvalue weighted by atomic mass is 10.1. The molecule has 0 fully saturated rings. The highest BCUT2D eigenvalue weighted by atomic mass is 32.1. The molecular formula is C20H18N2O3S. The van der Waals surface area contributed by atoms with E-state index in [-0.39, 0.29) is 12.6 Å². The minimum atomic E-state index is -0.217. The molecule has 0 unspecified atom stereocenters. The van der Waals surface area contributed by atoms with E-state index >= 15 is 0 Å². The van der Waals surface area contributed by atoms with Crippen molar-refractivity contribution < 1.29 is 14.1 Å². The van der Waals surface area contributed by atoms with Gasteiger partial charge in [0, 0.05) is 29.6 Å². The molecule has 3 heterocycles. The molecule has 1 aromatic carbocycles. The second kappa shape index (κ2) is 7.58. The first-order valence-corrected chi connectivity index (χ1v) is 9.37. The molecule has 0 spiro atoms. The number of nitrogens with one attached hydrogen (secondary N) is 1. The lowest BCUT2D eigenvalue weighted by Crippen LogP contribution is -2.05. The van der Waals surface area contributed by atoms with Gasteiger partial charge in [0.1, 0.15) is 12.3 Å². The lowest BCUT2D eigenvalue weighted by Gasteiger charge is -2.02. The Labute approximate surface area is 154 Å². The smallest absolute Gasteiger partial charge is 0.306 e. The monoisotopic (exact) mass is 366 g/mol. The number of aromatic nitrogens is 2. The molecule has 26 heavy (non-hydrogen) atoms. The van der Waals surface area contributed by atoms with Crippen LogP contribution in [0.1, 0.15) is 24.1 Å². The standard InChI is InChI=1S/C20H18N2O3S/c23-20(9-3-5-14-12-21-17-7-2-1-6-16(14)17)24-13-15-11-18(25-22-15)19-8-4-10-26-19/h1-2,4,6-8,10-12,21H,3,5,9,13H2. The number of hydrogen-bond acceptors (Lipinski definition) is 5. The van der Waals surface area contributed by atoms with Gasteiger partial charge < -0.3 is 14.2 Å². The van der Waals surface area contributed by atoms with E-state index in [1.165, 1.54) is 10.9 Å². The second-order valence-corrected chi connectivity index (χ2v) is 6.98. The number of aryl methyl sites for hydroxylation is 1. The molecule has 0 aliphatic rings. The van der Waals surface area contributed by atoms with Crippen molar-refractivity contribution in [1.82, 2.24) is 10.1 Å². The van der Waals surface area contributed by atoms with E-state index in [1.54, 1.807) is 11.3 Å². The van der Waals surface area contributed by atoms with E-state index in [9.17, 15) is 4.79 Å². The molecule has 0 radical (unpaired) electrons. The zero-order valence-corrected chi connectivity index (χ0v) is 14.9. The lowest BCUT2D eigenvalue weighted by molar-refractivity contribution is -0.145. The van der Waals surface area contributed by atoms with Crippen molar-refractivity contribution >= 4 is 28.2 Å². The average Bonchev–Trinajstić information content (AvgIpc) is 3.40. The van der Waals surface area contributed by atoms with Gasteiger partial charge >= 0.3 is 5.97 Å². The van der Waals surface area contributed by atoms with Crippen LogP contribution in [0.2, 0.25) is 0 Å². The van der Waals surface area contributed by atoms with Crippen molar-refractivity contribution in [2.45, 2.75) is 25.9 Å². The van der Waals surface area contributed by atoms with Gasteiger partial charge in [0.15, 0.2) is 5.76 Å². The van der Waals surface area contributed by atoms with Crippen molar-refractivity contribution in [3.05, 3.63) is 65.3 Å². The third-order valence-electron chi connectivity index (χ3n) is 4.21. The highest BCUT2D eigenvalue weighted by Crippen LogP contribution is 2.25. The predicted molar refractivity (Wildman–Crippen MR) is 101 cm³/mol. The summed E-state index contributed by atoms with van der Waals surface area (Å²) in [7, 11) is 0. The van der Waals surface area contributed by atoms with Gasteiger partial charge in [0.2, 0.25) is 0 Å². The quantitative estimate of drug-likeness (QED) is 0.470. The summed E-state index contributed by atoms with van der Waals surface area (Å²) in [6, 6.07) is 13.9. The van der Waals surface area contributed by atoms with E-state index in [0.717, 1.165) is 23.2 Å². The van der Waals surface area contributed by atoms with Gasteiger partial charge in [-0.1, -0.05) is 29.4 Å². The number of para-hydroxylation sites is 1. The van der Waals surface area contributed by atoms with Gasteiger partial charge in [-0.3, -0.25) is 4.79 Å². The van der Waals surface area contributed by atoms with E-state index in [1.807, 2.05) is 41.9 Å². The summed E-state index contributed by atoms with van der Waals surface area (Å²) >= 11 is 1.58. The van der Waals surface area contributed by atoms with Gasteiger partial charge in [-0.2, -0.15) is 0 Å². The fourth-order valence-corrected chi connectivity index (χ4v) is 3.58. The fourth-order valence-electron chi connectivity index (χ4n) is 2.90. The summed E-state index contributed by atoms with van der Waals surface area (Å²) in [5.74, 6) is 0.482. The zero-order chi connectivity index (χ0) is 17.8. The molecule has 0 amide bonds. The Bertz CT molecular complexity index is 1000. The molecule has 0 bridgehead atoms. The summed E-state index contributed by atoms with van der Waals surface area (Å²) in [6.07, 6.45) is 3.98. The number of hydrogen-bond donors (Lipinski definition) is 1. The van der Waals surface area contributed by atoms with Crippen LogP contribution < -0.4 is 0 Å². The minimum Gasteiger partial charge on any atom is -0.459 e. The molecule has 0 saturated carbocycles. The third kappa shape index (κ3) is 3.70. The number of carbonyl (C=O) groups is 1. The third-order valence-corrected chi connectivity index (χ3v) is 5.09. The molecule has 6 heteroatoms. The van der Waals surface area contributed by atoms with E-state index in [2.05, 4.69) is 22.3 Å². The summed E-state index contributed by atoms with van der Waals surface area (Å²) in [5, 5.41) is 7.14. The Morgan fingerprint density at radius 3 is 3.04 bits per heavy atom. The van der Waals surface area contributed by atoms with Crippen LogP contribution >= 0.6 is 11.3 Å². The van der Waals surface area contributed by atoms with E-state index in [4.69, 9.17) is 9.26 Å². The van der Waals surface area contributed by atoms with Crippen LogP contribution in [0.5, 0.6) is 0 Å². The molecule has 0 aliphatic heterocycles. The minimum absolute atomic E-state index is 0.140. The summed E-state index contributed by atoms with van der Waals surface area (Å²) in [5.41, 5.74) is 2.97. The number of carbonyl (C=O) groups excluding carboxylic acids is 1. The molecule has 0 atom stereocenters. The van der Waals surface area contributed by atoms with Gasteiger partial charge in [0.05, 0.1) is 4.88 Å². The largest absolute Gasteiger partial charge is 0.459 e. The molecule has 4 rings (SSSR count). The first kappa shape index (κ1) is 16.6. The Hall–Kier alpha value is -2.86. The van der Waals surface area contributed by atoms with E-state index in [0.29, 0.717) is 17.9 Å². The SMILES string of the molecule is O=C(CCCc1c[nH]c2ccccc12)OCc1cc(-c2cccs2)on1. The number of aromatic amines is 1. The number of esters is 1. The maximum atomic E-state index is 12.0.